The summed E-state index contributed by atoms with van der Waals surface area (Å²) >= 11 is 0. The first-order valence-electron chi connectivity index (χ1n) is 5.95. The molecule has 1 aromatic heterocycles. The third kappa shape index (κ3) is 1.93. The fraction of sp³-hybridized carbons (Fsp3) is 0.0667. The van der Waals surface area contributed by atoms with Gasteiger partial charge < -0.3 is 9.52 Å². The SMILES string of the molecule is Cc1ccc(-c2nc3cccc(C(=O)O)c3o2)cc1F. The average Bonchev–Trinajstić information content (AvgIpc) is 2.85. The maximum absolute atomic E-state index is 13.6. The fourth-order valence-corrected chi connectivity index (χ4v) is 1.97. The predicted octanol–water partition coefficient (Wildman–Crippen LogP) is 3.64. The summed E-state index contributed by atoms with van der Waals surface area (Å²) in [7, 11) is 0. The average molecular weight is 271 g/mol. The molecular weight excluding hydrogens is 261 g/mol. The Morgan fingerprint density at radius 2 is 2.10 bits per heavy atom. The third-order valence-electron chi connectivity index (χ3n) is 3.06. The molecule has 0 aliphatic carbocycles. The molecule has 1 heterocycles. The summed E-state index contributed by atoms with van der Waals surface area (Å²) in [5.41, 5.74) is 1.66. The molecule has 0 saturated carbocycles. The van der Waals surface area contributed by atoms with Crippen LogP contribution in [0.1, 0.15) is 15.9 Å². The molecule has 20 heavy (non-hydrogen) atoms. The Morgan fingerprint density at radius 3 is 2.80 bits per heavy atom. The highest BCUT2D eigenvalue weighted by Gasteiger charge is 2.16. The molecule has 0 bridgehead atoms. The molecule has 0 radical (unpaired) electrons. The lowest BCUT2D eigenvalue weighted by molar-refractivity contribution is 0.0698. The van der Waals surface area contributed by atoms with Gasteiger partial charge in [0, 0.05) is 5.56 Å². The van der Waals surface area contributed by atoms with E-state index < -0.39 is 5.97 Å². The van der Waals surface area contributed by atoms with E-state index in [0.717, 1.165) is 0 Å². The lowest BCUT2D eigenvalue weighted by Crippen LogP contribution is -1.95. The molecule has 0 saturated heterocycles. The molecular formula is C15H10FNO3. The maximum atomic E-state index is 13.6. The highest BCUT2D eigenvalue weighted by atomic mass is 19.1. The number of aryl methyl sites for hydroxylation is 1. The highest BCUT2D eigenvalue weighted by Crippen LogP contribution is 2.27. The van der Waals surface area contributed by atoms with Crippen LogP contribution < -0.4 is 0 Å². The van der Waals surface area contributed by atoms with Gasteiger partial charge in [-0.1, -0.05) is 12.1 Å². The van der Waals surface area contributed by atoms with E-state index >= 15 is 0 Å². The van der Waals surface area contributed by atoms with Gasteiger partial charge in [-0.15, -0.1) is 0 Å². The Bertz CT molecular complexity index is 823. The van der Waals surface area contributed by atoms with Gasteiger partial charge in [0.2, 0.25) is 5.89 Å². The van der Waals surface area contributed by atoms with Crippen LogP contribution in [0.4, 0.5) is 4.39 Å². The van der Waals surface area contributed by atoms with Gasteiger partial charge in [0.25, 0.3) is 0 Å². The van der Waals surface area contributed by atoms with Gasteiger partial charge in [0.05, 0.1) is 0 Å². The molecule has 0 aliphatic heterocycles. The lowest BCUT2D eigenvalue weighted by Gasteiger charge is -1.98. The monoisotopic (exact) mass is 271 g/mol. The van der Waals surface area contributed by atoms with Crippen molar-refractivity contribution in [1.82, 2.24) is 4.98 Å². The molecule has 2 aromatic carbocycles. The standard InChI is InChI=1S/C15H10FNO3/c1-8-5-6-9(7-11(8)16)14-17-12-4-2-3-10(15(18)19)13(12)20-14/h2-7H,1H3,(H,18,19). The largest absolute Gasteiger partial charge is 0.478 e. The Morgan fingerprint density at radius 1 is 1.30 bits per heavy atom. The van der Waals surface area contributed by atoms with E-state index in [1.807, 2.05) is 0 Å². The first-order chi connectivity index (χ1) is 9.56. The van der Waals surface area contributed by atoms with E-state index in [2.05, 4.69) is 4.98 Å². The Kier molecular flexibility index (Phi) is 2.75. The Balaban J connectivity index is 2.20. The van der Waals surface area contributed by atoms with Crippen molar-refractivity contribution >= 4 is 17.1 Å². The minimum absolute atomic E-state index is 0.0360. The number of carbonyl (C=O) groups is 1. The summed E-state index contributed by atoms with van der Waals surface area (Å²) in [5, 5.41) is 9.10. The van der Waals surface area contributed by atoms with Crippen molar-refractivity contribution in [3.63, 3.8) is 0 Å². The van der Waals surface area contributed by atoms with E-state index in [-0.39, 0.29) is 22.9 Å². The van der Waals surface area contributed by atoms with Gasteiger partial charge in [-0.2, -0.15) is 0 Å². The number of aromatic carboxylic acids is 1. The molecule has 1 N–H and O–H groups in total. The van der Waals surface area contributed by atoms with Gasteiger partial charge in [-0.3, -0.25) is 0 Å². The summed E-state index contributed by atoms with van der Waals surface area (Å²) in [5.74, 6) is -1.25. The van der Waals surface area contributed by atoms with Crippen LogP contribution in [0, 0.1) is 12.7 Å². The van der Waals surface area contributed by atoms with Crippen molar-refractivity contribution in [2.24, 2.45) is 0 Å². The van der Waals surface area contributed by atoms with Gasteiger partial charge in [-0.25, -0.2) is 14.2 Å². The molecule has 100 valence electrons. The minimum Gasteiger partial charge on any atom is -0.478 e. The van der Waals surface area contributed by atoms with Gasteiger partial charge in [0.1, 0.15) is 16.9 Å². The maximum Gasteiger partial charge on any atom is 0.339 e. The molecule has 0 unspecified atom stereocenters. The molecule has 0 fully saturated rings. The number of carboxylic acid groups (broad SMARTS) is 1. The van der Waals surface area contributed by atoms with Crippen molar-refractivity contribution < 1.29 is 18.7 Å². The van der Waals surface area contributed by atoms with Crippen LogP contribution in [0.2, 0.25) is 0 Å². The molecule has 3 rings (SSSR count). The van der Waals surface area contributed by atoms with Crippen molar-refractivity contribution in [3.8, 4) is 11.5 Å². The van der Waals surface area contributed by atoms with Crippen LogP contribution in [-0.2, 0) is 0 Å². The van der Waals surface area contributed by atoms with Gasteiger partial charge in [-0.05, 0) is 36.8 Å². The highest BCUT2D eigenvalue weighted by molar-refractivity contribution is 6.00. The Labute approximate surface area is 113 Å². The van der Waals surface area contributed by atoms with Crippen molar-refractivity contribution in [1.29, 1.82) is 0 Å². The summed E-state index contributed by atoms with van der Waals surface area (Å²) in [6.07, 6.45) is 0. The molecule has 0 spiro atoms. The molecule has 0 aliphatic rings. The zero-order valence-corrected chi connectivity index (χ0v) is 10.6. The number of carboxylic acids is 1. The number of aromatic nitrogens is 1. The number of hydrogen-bond acceptors (Lipinski definition) is 3. The number of halogens is 1. The van der Waals surface area contributed by atoms with Crippen LogP contribution in [0.5, 0.6) is 0 Å². The number of nitrogens with zero attached hydrogens (tertiary/aromatic N) is 1. The van der Waals surface area contributed by atoms with Crippen molar-refractivity contribution in [2.75, 3.05) is 0 Å². The van der Waals surface area contributed by atoms with E-state index in [4.69, 9.17) is 9.52 Å². The number of benzene rings is 2. The summed E-state index contributed by atoms with van der Waals surface area (Å²) in [6, 6.07) is 9.31. The van der Waals surface area contributed by atoms with Crippen molar-refractivity contribution in [3.05, 3.63) is 53.3 Å². The third-order valence-corrected chi connectivity index (χ3v) is 3.06. The zero-order valence-electron chi connectivity index (χ0n) is 10.6. The molecule has 0 amide bonds. The molecule has 4 nitrogen and oxygen atoms in total. The van der Waals surface area contributed by atoms with E-state index in [9.17, 15) is 9.18 Å². The number of oxazole rings is 1. The van der Waals surface area contributed by atoms with Crippen LogP contribution in [0.3, 0.4) is 0 Å². The second kappa shape index (κ2) is 4.45. The topological polar surface area (TPSA) is 63.3 Å². The number of hydrogen-bond donors (Lipinski definition) is 1. The van der Waals surface area contributed by atoms with E-state index in [0.29, 0.717) is 16.6 Å². The summed E-state index contributed by atoms with van der Waals surface area (Å²) in [4.78, 5) is 15.3. The van der Waals surface area contributed by atoms with E-state index in [1.165, 1.54) is 12.1 Å². The van der Waals surface area contributed by atoms with Gasteiger partial charge >= 0.3 is 5.97 Å². The van der Waals surface area contributed by atoms with Crippen LogP contribution in [-0.4, -0.2) is 16.1 Å². The lowest BCUT2D eigenvalue weighted by atomic mass is 10.1. The quantitative estimate of drug-likeness (QED) is 0.772. The number of rotatable bonds is 2. The van der Waals surface area contributed by atoms with Gasteiger partial charge in [0.15, 0.2) is 5.58 Å². The summed E-state index contributed by atoms with van der Waals surface area (Å²) < 4.78 is 19.0. The molecule has 0 atom stereocenters. The smallest absolute Gasteiger partial charge is 0.339 e. The Hall–Kier alpha value is -2.69. The molecule has 5 heteroatoms. The second-order valence-electron chi connectivity index (χ2n) is 4.44. The normalized spacial score (nSPS) is 10.9. The molecule has 3 aromatic rings. The van der Waals surface area contributed by atoms with E-state index in [1.54, 1.807) is 31.2 Å². The van der Waals surface area contributed by atoms with Crippen LogP contribution >= 0.6 is 0 Å². The predicted molar refractivity (Wildman–Crippen MR) is 71.1 cm³/mol. The first-order valence-corrected chi connectivity index (χ1v) is 5.95. The second-order valence-corrected chi connectivity index (χ2v) is 4.44. The fourth-order valence-electron chi connectivity index (χ4n) is 1.97. The number of para-hydroxylation sites is 1. The minimum atomic E-state index is -1.09. The van der Waals surface area contributed by atoms with Crippen molar-refractivity contribution in [2.45, 2.75) is 6.92 Å². The summed E-state index contributed by atoms with van der Waals surface area (Å²) in [6.45, 7) is 1.66. The zero-order chi connectivity index (χ0) is 14.3. The number of fused-ring (bicyclic) bond motifs is 1. The first kappa shape index (κ1) is 12.3. The van der Waals surface area contributed by atoms with Crippen LogP contribution in [0.15, 0.2) is 40.8 Å². The van der Waals surface area contributed by atoms with Crippen LogP contribution in [0.25, 0.3) is 22.6 Å².